The summed E-state index contributed by atoms with van der Waals surface area (Å²) < 4.78 is 12.6. The number of carbonyl (C=O) groups excluding carboxylic acids is 1. The van der Waals surface area contributed by atoms with E-state index in [2.05, 4.69) is 5.10 Å². The zero-order valence-corrected chi connectivity index (χ0v) is 13.0. The van der Waals surface area contributed by atoms with Gasteiger partial charge in [0.05, 0.1) is 23.1 Å². The van der Waals surface area contributed by atoms with Crippen LogP contribution in [0.2, 0.25) is 0 Å². The van der Waals surface area contributed by atoms with Gasteiger partial charge in [0.2, 0.25) is 0 Å². The molecule has 0 N–H and O–H groups in total. The van der Waals surface area contributed by atoms with Crippen molar-refractivity contribution in [3.05, 3.63) is 46.3 Å². The average molecular weight is 332 g/mol. The highest BCUT2D eigenvalue weighted by molar-refractivity contribution is 5.98. The van der Waals surface area contributed by atoms with Gasteiger partial charge in [-0.2, -0.15) is 5.10 Å². The van der Waals surface area contributed by atoms with Gasteiger partial charge >= 0.3 is 0 Å². The molecule has 0 radical (unpaired) electrons. The molecule has 24 heavy (non-hydrogen) atoms. The van der Waals surface area contributed by atoms with Crippen LogP contribution in [0.4, 0.5) is 5.69 Å². The normalized spacial score (nSPS) is 12.7. The van der Waals surface area contributed by atoms with Gasteiger partial charge in [-0.1, -0.05) is 0 Å². The molecule has 9 heteroatoms. The van der Waals surface area contributed by atoms with Gasteiger partial charge in [0.25, 0.3) is 11.6 Å². The van der Waals surface area contributed by atoms with Gasteiger partial charge in [-0.25, -0.2) is 0 Å². The highest BCUT2D eigenvalue weighted by atomic mass is 16.6. The molecule has 1 aromatic heterocycles. The maximum absolute atomic E-state index is 12.7. The number of benzene rings is 1. The molecular formula is C15H16N4O5. The number of carbonyl (C=O) groups is 1. The Morgan fingerprint density at radius 1 is 1.42 bits per heavy atom. The molecular weight excluding hydrogens is 316 g/mol. The van der Waals surface area contributed by atoms with E-state index in [0.717, 1.165) is 0 Å². The number of ether oxygens (including phenoxy) is 2. The zero-order chi connectivity index (χ0) is 17.1. The number of nitro groups is 1. The van der Waals surface area contributed by atoms with Crippen molar-refractivity contribution in [2.75, 3.05) is 26.8 Å². The van der Waals surface area contributed by atoms with Crippen molar-refractivity contribution in [3.63, 3.8) is 0 Å². The Morgan fingerprint density at radius 2 is 2.21 bits per heavy atom. The van der Waals surface area contributed by atoms with Crippen molar-refractivity contribution in [2.24, 2.45) is 0 Å². The van der Waals surface area contributed by atoms with Crippen molar-refractivity contribution in [1.29, 1.82) is 0 Å². The summed E-state index contributed by atoms with van der Waals surface area (Å²) in [4.78, 5) is 24.7. The number of nitro benzene ring substituents is 1. The number of fused-ring (bicyclic) bond motifs is 1. The van der Waals surface area contributed by atoms with Crippen LogP contribution in [0.15, 0.2) is 30.6 Å². The second kappa shape index (κ2) is 6.57. The van der Waals surface area contributed by atoms with Crippen LogP contribution in [0.25, 0.3) is 0 Å². The first-order valence-electron chi connectivity index (χ1n) is 7.37. The second-order valence-electron chi connectivity index (χ2n) is 5.27. The van der Waals surface area contributed by atoms with E-state index in [1.165, 1.54) is 17.0 Å². The summed E-state index contributed by atoms with van der Waals surface area (Å²) in [6, 6.07) is 4.29. The van der Waals surface area contributed by atoms with Gasteiger partial charge in [0.15, 0.2) is 11.5 Å². The van der Waals surface area contributed by atoms with Crippen molar-refractivity contribution in [2.45, 2.75) is 6.54 Å². The van der Waals surface area contributed by atoms with Gasteiger partial charge in [-0.15, -0.1) is 0 Å². The molecule has 0 saturated carbocycles. The third-order valence-corrected chi connectivity index (χ3v) is 3.64. The largest absolute Gasteiger partial charge is 0.486 e. The predicted molar refractivity (Wildman–Crippen MR) is 83.3 cm³/mol. The fourth-order valence-corrected chi connectivity index (χ4v) is 2.40. The minimum atomic E-state index is -0.557. The van der Waals surface area contributed by atoms with Crippen LogP contribution >= 0.6 is 0 Å². The molecule has 1 aliphatic heterocycles. The van der Waals surface area contributed by atoms with Crippen molar-refractivity contribution in [1.82, 2.24) is 14.7 Å². The van der Waals surface area contributed by atoms with Crippen LogP contribution < -0.4 is 9.47 Å². The second-order valence-corrected chi connectivity index (χ2v) is 5.27. The first-order chi connectivity index (χ1) is 11.6. The number of hydrogen-bond acceptors (Lipinski definition) is 6. The SMILES string of the molecule is CN(CCn1cccn1)C(=O)c1cc([N+](=O)[O-])cc2c1OCCO2. The number of non-ortho nitro benzene ring substituents is 1. The van der Waals surface area contributed by atoms with E-state index in [1.807, 2.05) is 0 Å². The lowest BCUT2D eigenvalue weighted by atomic mass is 10.1. The van der Waals surface area contributed by atoms with Crippen molar-refractivity contribution >= 4 is 11.6 Å². The lowest BCUT2D eigenvalue weighted by Gasteiger charge is -2.23. The summed E-state index contributed by atoms with van der Waals surface area (Å²) in [6.45, 7) is 1.50. The monoisotopic (exact) mass is 332 g/mol. The van der Waals surface area contributed by atoms with E-state index >= 15 is 0 Å². The topological polar surface area (TPSA) is 99.7 Å². The van der Waals surface area contributed by atoms with Gasteiger partial charge in [-0.3, -0.25) is 19.6 Å². The maximum Gasteiger partial charge on any atom is 0.274 e. The Hall–Kier alpha value is -3.10. The number of aromatic nitrogens is 2. The first-order valence-corrected chi connectivity index (χ1v) is 7.37. The average Bonchev–Trinajstić information content (AvgIpc) is 3.11. The molecule has 1 aromatic carbocycles. The molecule has 2 heterocycles. The van der Waals surface area contributed by atoms with Crippen LogP contribution in [0.1, 0.15) is 10.4 Å². The van der Waals surface area contributed by atoms with E-state index in [4.69, 9.17) is 9.47 Å². The summed E-state index contributed by atoms with van der Waals surface area (Å²) in [7, 11) is 1.63. The summed E-state index contributed by atoms with van der Waals surface area (Å²) >= 11 is 0. The molecule has 0 fully saturated rings. The number of amides is 1. The molecule has 2 aromatic rings. The number of hydrogen-bond donors (Lipinski definition) is 0. The fraction of sp³-hybridized carbons (Fsp3) is 0.333. The molecule has 3 rings (SSSR count). The molecule has 0 saturated heterocycles. The summed E-state index contributed by atoms with van der Waals surface area (Å²) in [5.74, 6) is 0.106. The minimum Gasteiger partial charge on any atom is -0.486 e. The summed E-state index contributed by atoms with van der Waals surface area (Å²) in [5, 5.41) is 15.2. The lowest BCUT2D eigenvalue weighted by molar-refractivity contribution is -0.385. The summed E-state index contributed by atoms with van der Waals surface area (Å²) in [5.41, 5.74) is -0.0788. The Balaban J connectivity index is 1.84. The summed E-state index contributed by atoms with van der Waals surface area (Å²) in [6.07, 6.45) is 3.45. The van der Waals surface area contributed by atoms with Gasteiger partial charge in [0, 0.05) is 32.1 Å². The molecule has 0 atom stereocenters. The van der Waals surface area contributed by atoms with E-state index in [0.29, 0.717) is 19.7 Å². The minimum absolute atomic E-state index is 0.127. The van der Waals surface area contributed by atoms with Crippen LogP contribution in [0, 0.1) is 10.1 Å². The third kappa shape index (κ3) is 3.14. The third-order valence-electron chi connectivity index (χ3n) is 3.64. The Labute approximate surface area is 137 Å². The van der Waals surface area contributed by atoms with Crippen molar-refractivity contribution in [3.8, 4) is 11.5 Å². The smallest absolute Gasteiger partial charge is 0.274 e. The Bertz CT molecular complexity index is 759. The fourth-order valence-electron chi connectivity index (χ4n) is 2.40. The number of rotatable bonds is 5. The molecule has 0 unspecified atom stereocenters. The zero-order valence-electron chi connectivity index (χ0n) is 13.0. The molecule has 0 spiro atoms. The number of likely N-dealkylation sites (N-methyl/N-ethyl adjacent to an activating group) is 1. The Morgan fingerprint density at radius 3 is 2.92 bits per heavy atom. The Kier molecular flexibility index (Phi) is 4.32. The molecule has 0 aliphatic carbocycles. The van der Waals surface area contributed by atoms with Crippen LogP contribution in [0.3, 0.4) is 0 Å². The molecule has 0 bridgehead atoms. The highest BCUT2D eigenvalue weighted by Gasteiger charge is 2.27. The van der Waals surface area contributed by atoms with E-state index in [-0.39, 0.29) is 35.3 Å². The lowest BCUT2D eigenvalue weighted by Crippen LogP contribution is -2.31. The van der Waals surface area contributed by atoms with Gasteiger partial charge in [0.1, 0.15) is 13.2 Å². The maximum atomic E-state index is 12.7. The number of nitrogens with zero attached hydrogens (tertiary/aromatic N) is 4. The quantitative estimate of drug-likeness (QED) is 0.605. The van der Waals surface area contributed by atoms with E-state index in [9.17, 15) is 14.9 Å². The van der Waals surface area contributed by atoms with Gasteiger partial charge < -0.3 is 14.4 Å². The van der Waals surface area contributed by atoms with Gasteiger partial charge in [-0.05, 0) is 6.07 Å². The first kappa shape index (κ1) is 15.8. The molecule has 1 aliphatic rings. The van der Waals surface area contributed by atoms with E-state index < -0.39 is 4.92 Å². The molecule has 126 valence electrons. The van der Waals surface area contributed by atoms with Crippen LogP contribution in [-0.4, -0.2) is 52.3 Å². The van der Waals surface area contributed by atoms with Crippen molar-refractivity contribution < 1.29 is 19.2 Å². The van der Waals surface area contributed by atoms with Crippen LogP contribution in [-0.2, 0) is 6.54 Å². The van der Waals surface area contributed by atoms with Crippen LogP contribution in [0.5, 0.6) is 11.5 Å². The molecule has 1 amide bonds. The standard InChI is InChI=1S/C15H16N4O5/c1-17(5-6-18-4-2-3-16-18)15(20)12-9-11(19(21)22)10-13-14(12)24-8-7-23-13/h2-4,9-10H,5-8H2,1H3. The molecule has 9 nitrogen and oxygen atoms in total. The van der Waals surface area contributed by atoms with E-state index in [1.54, 1.807) is 30.2 Å². The predicted octanol–water partition coefficient (Wildman–Crippen LogP) is 1.33. The highest BCUT2D eigenvalue weighted by Crippen LogP contribution is 2.38.